The van der Waals surface area contributed by atoms with Gasteiger partial charge in [0.2, 0.25) is 0 Å². The van der Waals surface area contributed by atoms with Crippen molar-refractivity contribution in [1.29, 1.82) is 0 Å². The van der Waals surface area contributed by atoms with E-state index in [0.717, 1.165) is 16.0 Å². The molecular formula is C16H17N3O2S. The van der Waals surface area contributed by atoms with Crippen molar-refractivity contribution in [1.82, 2.24) is 4.98 Å². The molecule has 114 valence electrons. The number of methoxy groups -OCH3 is 1. The Morgan fingerprint density at radius 2 is 2.27 bits per heavy atom. The summed E-state index contributed by atoms with van der Waals surface area (Å²) in [6.07, 6.45) is 5.50. The van der Waals surface area contributed by atoms with Gasteiger partial charge in [0.05, 0.1) is 17.3 Å². The van der Waals surface area contributed by atoms with Crippen molar-refractivity contribution in [3.8, 4) is 5.75 Å². The number of nitrogens with one attached hydrogen (secondary N) is 1. The number of ether oxygens (including phenoxy) is 1. The molecule has 2 aromatic rings. The van der Waals surface area contributed by atoms with Crippen LogP contribution in [0.4, 0.5) is 5.13 Å². The highest BCUT2D eigenvalue weighted by Gasteiger charge is 2.18. The average molecular weight is 315 g/mol. The van der Waals surface area contributed by atoms with Crippen molar-refractivity contribution < 1.29 is 9.53 Å². The van der Waals surface area contributed by atoms with Crippen LogP contribution in [0.25, 0.3) is 10.2 Å². The van der Waals surface area contributed by atoms with Gasteiger partial charge in [0.15, 0.2) is 5.13 Å². The normalized spacial score (nSPS) is 20.8. The molecule has 2 unspecified atom stereocenters. The van der Waals surface area contributed by atoms with Crippen LogP contribution in [0.1, 0.15) is 6.92 Å². The van der Waals surface area contributed by atoms with E-state index in [4.69, 9.17) is 10.5 Å². The van der Waals surface area contributed by atoms with Crippen molar-refractivity contribution in [2.45, 2.75) is 13.0 Å². The molecule has 0 saturated heterocycles. The summed E-state index contributed by atoms with van der Waals surface area (Å²) in [6.45, 7) is 1.99. The maximum atomic E-state index is 12.3. The summed E-state index contributed by atoms with van der Waals surface area (Å²) >= 11 is 1.42. The van der Waals surface area contributed by atoms with Gasteiger partial charge < -0.3 is 10.5 Å². The molecule has 1 aliphatic carbocycles. The van der Waals surface area contributed by atoms with Crippen LogP contribution in [0.15, 0.2) is 42.0 Å². The minimum Gasteiger partial charge on any atom is -0.497 e. The maximum Gasteiger partial charge on any atom is 0.257 e. The van der Waals surface area contributed by atoms with Gasteiger partial charge in [0, 0.05) is 11.6 Å². The van der Waals surface area contributed by atoms with Crippen LogP contribution >= 0.6 is 11.3 Å². The van der Waals surface area contributed by atoms with Crippen LogP contribution in [-0.4, -0.2) is 24.0 Å². The Labute approximate surface area is 132 Å². The summed E-state index contributed by atoms with van der Waals surface area (Å²) in [7, 11) is 1.62. The molecule has 6 heteroatoms. The number of nitrogens with two attached hydrogens (primary N) is 1. The molecule has 5 nitrogen and oxygen atoms in total. The minimum atomic E-state index is -0.166. The summed E-state index contributed by atoms with van der Waals surface area (Å²) in [4.78, 5) is 16.7. The fraction of sp³-hybridized carbons (Fsp3) is 0.250. The van der Waals surface area contributed by atoms with Crippen LogP contribution in [0.3, 0.4) is 0 Å². The van der Waals surface area contributed by atoms with Crippen LogP contribution in [0.2, 0.25) is 0 Å². The molecule has 0 fully saturated rings. The Balaban J connectivity index is 1.80. The number of nitrogens with zero attached hydrogens (tertiary/aromatic N) is 1. The summed E-state index contributed by atoms with van der Waals surface area (Å²) in [6, 6.07) is 5.60. The second kappa shape index (κ2) is 5.90. The lowest BCUT2D eigenvalue weighted by Crippen LogP contribution is -2.28. The zero-order chi connectivity index (χ0) is 15.7. The van der Waals surface area contributed by atoms with Gasteiger partial charge in [0.25, 0.3) is 5.91 Å². The van der Waals surface area contributed by atoms with Crippen molar-refractivity contribution in [3.05, 3.63) is 42.0 Å². The Hall–Kier alpha value is -2.18. The Morgan fingerprint density at radius 3 is 3.00 bits per heavy atom. The van der Waals surface area contributed by atoms with Gasteiger partial charge in [-0.25, -0.2) is 4.98 Å². The average Bonchev–Trinajstić information content (AvgIpc) is 2.90. The second-order valence-corrected chi connectivity index (χ2v) is 6.26. The number of thiazole rings is 1. The number of aromatic nitrogens is 1. The predicted octanol–water partition coefficient (Wildman–Crippen LogP) is 2.70. The molecule has 1 amide bonds. The lowest BCUT2D eigenvalue weighted by Gasteiger charge is -2.18. The number of hydrogen-bond donors (Lipinski definition) is 2. The van der Waals surface area contributed by atoms with E-state index >= 15 is 0 Å². The van der Waals surface area contributed by atoms with Crippen molar-refractivity contribution in [3.63, 3.8) is 0 Å². The first-order chi connectivity index (χ1) is 10.6. The third kappa shape index (κ3) is 2.88. The number of carbonyl (C=O) groups is 1. The van der Waals surface area contributed by atoms with Gasteiger partial charge in [0.1, 0.15) is 5.75 Å². The monoisotopic (exact) mass is 315 g/mol. The minimum absolute atomic E-state index is 0.0357. The third-order valence-electron chi connectivity index (χ3n) is 3.63. The summed E-state index contributed by atoms with van der Waals surface area (Å²) in [5.74, 6) is 0.751. The Morgan fingerprint density at radius 1 is 1.45 bits per heavy atom. The van der Waals surface area contributed by atoms with Crippen LogP contribution in [0, 0.1) is 5.92 Å². The Kier molecular flexibility index (Phi) is 3.96. The van der Waals surface area contributed by atoms with Gasteiger partial charge in [-0.3, -0.25) is 10.1 Å². The van der Waals surface area contributed by atoms with Gasteiger partial charge >= 0.3 is 0 Å². The second-order valence-electron chi connectivity index (χ2n) is 5.22. The van der Waals surface area contributed by atoms with E-state index in [1.54, 1.807) is 13.2 Å². The smallest absolute Gasteiger partial charge is 0.257 e. The largest absolute Gasteiger partial charge is 0.497 e. The molecular weight excluding hydrogens is 298 g/mol. The molecule has 0 radical (unpaired) electrons. The first-order valence-electron chi connectivity index (χ1n) is 6.98. The summed E-state index contributed by atoms with van der Waals surface area (Å²) in [5.41, 5.74) is 7.34. The van der Waals surface area contributed by atoms with Gasteiger partial charge in [-0.2, -0.15) is 0 Å². The predicted molar refractivity (Wildman–Crippen MR) is 89.2 cm³/mol. The molecule has 2 atom stereocenters. The van der Waals surface area contributed by atoms with E-state index in [2.05, 4.69) is 10.3 Å². The van der Waals surface area contributed by atoms with Gasteiger partial charge in [-0.15, -0.1) is 0 Å². The lowest BCUT2D eigenvalue weighted by molar-refractivity contribution is -0.112. The molecule has 1 heterocycles. The zero-order valence-corrected chi connectivity index (χ0v) is 13.2. The topological polar surface area (TPSA) is 77.2 Å². The highest BCUT2D eigenvalue weighted by Crippen LogP contribution is 2.29. The quantitative estimate of drug-likeness (QED) is 0.913. The van der Waals surface area contributed by atoms with Crippen molar-refractivity contribution in [2.24, 2.45) is 11.7 Å². The SMILES string of the molecule is COc1ccc2nc(NC(=O)C3=CC(C)C(N)C=C3)sc2c1. The highest BCUT2D eigenvalue weighted by molar-refractivity contribution is 7.22. The molecule has 22 heavy (non-hydrogen) atoms. The molecule has 1 aliphatic rings. The van der Waals surface area contributed by atoms with E-state index in [1.165, 1.54) is 11.3 Å². The molecule has 0 saturated carbocycles. The number of rotatable bonds is 3. The number of carbonyl (C=O) groups excluding carboxylic acids is 1. The van der Waals surface area contributed by atoms with E-state index in [0.29, 0.717) is 10.7 Å². The number of benzene rings is 1. The number of amides is 1. The van der Waals surface area contributed by atoms with E-state index < -0.39 is 0 Å². The van der Waals surface area contributed by atoms with E-state index in [-0.39, 0.29) is 17.9 Å². The van der Waals surface area contributed by atoms with Gasteiger partial charge in [-0.05, 0) is 24.1 Å². The fourth-order valence-corrected chi connectivity index (χ4v) is 3.14. The standard InChI is InChI=1S/C16H17N3O2S/c1-9-7-10(3-5-12(9)17)15(20)19-16-18-13-6-4-11(21-2)8-14(13)22-16/h3-9,12H,17H2,1-2H3,(H,18,19,20). The number of hydrogen-bond acceptors (Lipinski definition) is 5. The van der Waals surface area contributed by atoms with Crippen molar-refractivity contribution >= 4 is 32.6 Å². The highest BCUT2D eigenvalue weighted by atomic mass is 32.1. The van der Waals surface area contributed by atoms with Crippen LogP contribution < -0.4 is 15.8 Å². The molecule has 1 aromatic carbocycles. The first kappa shape index (κ1) is 14.7. The molecule has 1 aromatic heterocycles. The summed E-state index contributed by atoms with van der Waals surface area (Å²) in [5, 5.41) is 3.42. The fourth-order valence-electron chi connectivity index (χ4n) is 2.25. The molecule has 3 rings (SSSR count). The molecule has 0 aliphatic heterocycles. The van der Waals surface area contributed by atoms with Gasteiger partial charge in [-0.1, -0.05) is 36.5 Å². The van der Waals surface area contributed by atoms with E-state index in [1.807, 2.05) is 37.3 Å². The Bertz CT molecular complexity index is 779. The summed E-state index contributed by atoms with van der Waals surface area (Å²) < 4.78 is 6.16. The number of anilines is 1. The van der Waals surface area contributed by atoms with Crippen molar-refractivity contribution in [2.75, 3.05) is 12.4 Å². The maximum absolute atomic E-state index is 12.3. The molecule has 0 spiro atoms. The zero-order valence-electron chi connectivity index (χ0n) is 12.4. The van der Waals surface area contributed by atoms with Crippen LogP contribution in [-0.2, 0) is 4.79 Å². The first-order valence-corrected chi connectivity index (χ1v) is 7.80. The molecule has 0 bridgehead atoms. The lowest BCUT2D eigenvalue weighted by atomic mass is 9.93. The number of fused-ring (bicyclic) bond motifs is 1. The third-order valence-corrected chi connectivity index (χ3v) is 4.56. The van der Waals surface area contributed by atoms with Crippen LogP contribution in [0.5, 0.6) is 5.75 Å². The van der Waals surface area contributed by atoms with E-state index in [9.17, 15) is 4.79 Å². The molecule has 3 N–H and O–H groups in total.